The van der Waals surface area contributed by atoms with Gasteiger partial charge in [0.25, 0.3) is 0 Å². The lowest BCUT2D eigenvalue weighted by atomic mass is 9.99. The standard InChI is InChI=1S/C25H29NO6/c1-6-10-31-25-22(28-4)12-17(13-23(25)29-5)11-18-14-26-15-20-19(18)8-9-21(30-7-2)24(20)32-16(3)27/h8-9,12-15H,6-7,10-11H2,1-5H3. The fourth-order valence-electron chi connectivity index (χ4n) is 3.52. The fraction of sp³-hybridized carbons (Fsp3) is 0.360. The average Bonchev–Trinajstić information content (AvgIpc) is 2.79. The molecular weight excluding hydrogens is 410 g/mol. The van der Waals surface area contributed by atoms with Gasteiger partial charge in [0, 0.05) is 24.7 Å². The van der Waals surface area contributed by atoms with Gasteiger partial charge < -0.3 is 23.7 Å². The molecule has 0 atom stereocenters. The molecule has 2 aromatic carbocycles. The van der Waals surface area contributed by atoms with Crippen molar-refractivity contribution >= 4 is 16.7 Å². The third kappa shape index (κ3) is 5.04. The van der Waals surface area contributed by atoms with Crippen molar-refractivity contribution < 1.29 is 28.5 Å². The number of fused-ring (bicyclic) bond motifs is 1. The van der Waals surface area contributed by atoms with Crippen molar-refractivity contribution in [1.29, 1.82) is 0 Å². The number of carbonyl (C=O) groups excluding carboxylic acids is 1. The van der Waals surface area contributed by atoms with E-state index in [1.54, 1.807) is 26.6 Å². The monoisotopic (exact) mass is 439 g/mol. The maximum Gasteiger partial charge on any atom is 0.308 e. The quantitative estimate of drug-likeness (QED) is 0.327. The van der Waals surface area contributed by atoms with Gasteiger partial charge in [0.15, 0.2) is 23.0 Å². The van der Waals surface area contributed by atoms with Gasteiger partial charge in [-0.3, -0.25) is 9.78 Å². The molecule has 0 unspecified atom stereocenters. The van der Waals surface area contributed by atoms with Crippen molar-refractivity contribution in [2.75, 3.05) is 27.4 Å². The van der Waals surface area contributed by atoms with Gasteiger partial charge in [-0.25, -0.2) is 0 Å². The summed E-state index contributed by atoms with van der Waals surface area (Å²) in [5.74, 6) is 2.29. The number of aromatic nitrogens is 1. The van der Waals surface area contributed by atoms with Gasteiger partial charge in [-0.2, -0.15) is 0 Å². The molecule has 0 fully saturated rings. The van der Waals surface area contributed by atoms with E-state index >= 15 is 0 Å². The van der Waals surface area contributed by atoms with Gasteiger partial charge in [0.05, 0.1) is 27.4 Å². The van der Waals surface area contributed by atoms with Crippen molar-refractivity contribution in [2.45, 2.75) is 33.6 Å². The SMILES string of the molecule is CCCOc1c(OC)cc(Cc2cncc3c(OC(C)=O)c(OCC)ccc23)cc1OC. The first kappa shape index (κ1) is 23.2. The predicted molar refractivity (Wildman–Crippen MR) is 122 cm³/mol. The molecule has 0 aliphatic carbocycles. The van der Waals surface area contributed by atoms with Crippen LogP contribution in [0.5, 0.6) is 28.7 Å². The number of pyridine rings is 1. The largest absolute Gasteiger partial charge is 0.493 e. The number of benzene rings is 2. The van der Waals surface area contributed by atoms with Crippen LogP contribution in [0.25, 0.3) is 10.8 Å². The second-order valence-electron chi connectivity index (χ2n) is 7.17. The van der Waals surface area contributed by atoms with E-state index in [4.69, 9.17) is 23.7 Å². The van der Waals surface area contributed by atoms with Gasteiger partial charge in [0.1, 0.15) is 0 Å². The molecule has 0 aliphatic rings. The number of carbonyl (C=O) groups is 1. The third-order valence-corrected chi connectivity index (χ3v) is 4.85. The van der Waals surface area contributed by atoms with Crippen molar-refractivity contribution in [3.63, 3.8) is 0 Å². The molecule has 0 N–H and O–H groups in total. The van der Waals surface area contributed by atoms with Crippen molar-refractivity contribution in [3.8, 4) is 28.7 Å². The minimum Gasteiger partial charge on any atom is -0.493 e. The first-order valence-electron chi connectivity index (χ1n) is 10.6. The summed E-state index contributed by atoms with van der Waals surface area (Å²) in [6, 6.07) is 7.65. The Morgan fingerprint density at radius 1 is 0.906 bits per heavy atom. The van der Waals surface area contributed by atoms with E-state index < -0.39 is 5.97 Å². The zero-order valence-electron chi connectivity index (χ0n) is 19.2. The van der Waals surface area contributed by atoms with Crippen molar-refractivity contribution in [2.24, 2.45) is 0 Å². The van der Waals surface area contributed by atoms with Crippen LogP contribution in [0.4, 0.5) is 0 Å². The lowest BCUT2D eigenvalue weighted by Crippen LogP contribution is -2.05. The number of rotatable bonds is 10. The first-order chi connectivity index (χ1) is 15.5. The molecular formula is C25H29NO6. The normalized spacial score (nSPS) is 10.7. The highest BCUT2D eigenvalue weighted by Crippen LogP contribution is 2.41. The Bertz CT molecular complexity index is 1070. The maximum atomic E-state index is 11.7. The summed E-state index contributed by atoms with van der Waals surface area (Å²) in [5, 5.41) is 1.63. The van der Waals surface area contributed by atoms with Gasteiger partial charge in [0.2, 0.25) is 5.75 Å². The molecule has 0 spiro atoms. The summed E-state index contributed by atoms with van der Waals surface area (Å²) in [7, 11) is 3.22. The van der Waals surface area contributed by atoms with Crippen LogP contribution in [-0.2, 0) is 11.2 Å². The Kier molecular flexibility index (Phi) is 7.76. The number of hydrogen-bond donors (Lipinski definition) is 0. The molecule has 170 valence electrons. The van der Waals surface area contributed by atoms with Gasteiger partial charge in [-0.15, -0.1) is 0 Å². The molecule has 3 aromatic rings. The molecule has 7 nitrogen and oxygen atoms in total. The van der Waals surface area contributed by atoms with Crippen LogP contribution in [0.2, 0.25) is 0 Å². The number of ether oxygens (including phenoxy) is 5. The van der Waals surface area contributed by atoms with Crippen LogP contribution in [-0.4, -0.2) is 38.4 Å². The maximum absolute atomic E-state index is 11.7. The second-order valence-corrected chi connectivity index (χ2v) is 7.17. The van der Waals surface area contributed by atoms with E-state index in [-0.39, 0.29) is 0 Å². The number of hydrogen-bond acceptors (Lipinski definition) is 7. The summed E-state index contributed by atoms with van der Waals surface area (Å²) in [6.45, 7) is 6.32. The summed E-state index contributed by atoms with van der Waals surface area (Å²) >= 11 is 0. The fourth-order valence-corrected chi connectivity index (χ4v) is 3.52. The average molecular weight is 440 g/mol. The first-order valence-corrected chi connectivity index (χ1v) is 10.6. The summed E-state index contributed by atoms with van der Waals surface area (Å²) in [4.78, 5) is 16.1. The lowest BCUT2D eigenvalue weighted by Gasteiger charge is -2.17. The van der Waals surface area contributed by atoms with Crippen LogP contribution in [0.3, 0.4) is 0 Å². The van der Waals surface area contributed by atoms with Crippen LogP contribution in [0.1, 0.15) is 38.3 Å². The molecule has 1 heterocycles. The molecule has 3 rings (SSSR count). The summed E-state index contributed by atoms with van der Waals surface area (Å²) in [5.41, 5.74) is 1.94. The van der Waals surface area contributed by atoms with Gasteiger partial charge in [-0.1, -0.05) is 13.0 Å². The smallest absolute Gasteiger partial charge is 0.308 e. The zero-order valence-corrected chi connectivity index (χ0v) is 19.2. The molecule has 0 amide bonds. The highest BCUT2D eigenvalue weighted by atomic mass is 16.6. The minimum absolute atomic E-state index is 0.379. The Morgan fingerprint density at radius 3 is 2.22 bits per heavy atom. The van der Waals surface area contributed by atoms with Crippen LogP contribution >= 0.6 is 0 Å². The molecule has 0 saturated heterocycles. The Hall–Kier alpha value is -3.48. The molecule has 32 heavy (non-hydrogen) atoms. The van der Waals surface area contributed by atoms with E-state index in [1.165, 1.54) is 6.92 Å². The van der Waals surface area contributed by atoms with Crippen LogP contribution < -0.4 is 23.7 Å². The molecule has 1 aromatic heterocycles. The Morgan fingerprint density at radius 2 is 1.62 bits per heavy atom. The molecule has 0 radical (unpaired) electrons. The number of esters is 1. The van der Waals surface area contributed by atoms with Crippen LogP contribution in [0, 0.1) is 0 Å². The minimum atomic E-state index is -0.416. The van der Waals surface area contributed by atoms with E-state index in [0.29, 0.717) is 53.8 Å². The number of methoxy groups -OCH3 is 2. The Balaban J connectivity index is 2.06. The molecule has 0 aliphatic heterocycles. The summed E-state index contributed by atoms with van der Waals surface area (Å²) in [6.07, 6.45) is 4.94. The predicted octanol–water partition coefficient (Wildman–Crippen LogP) is 4.96. The number of nitrogens with zero attached hydrogens (tertiary/aromatic N) is 1. The zero-order chi connectivity index (χ0) is 23.1. The van der Waals surface area contributed by atoms with E-state index in [0.717, 1.165) is 22.9 Å². The van der Waals surface area contributed by atoms with E-state index in [1.807, 2.05) is 38.1 Å². The van der Waals surface area contributed by atoms with Crippen LogP contribution in [0.15, 0.2) is 36.7 Å². The molecule has 0 saturated carbocycles. The topological polar surface area (TPSA) is 76.1 Å². The third-order valence-electron chi connectivity index (χ3n) is 4.85. The van der Waals surface area contributed by atoms with Gasteiger partial charge >= 0.3 is 5.97 Å². The summed E-state index contributed by atoms with van der Waals surface area (Å²) < 4.78 is 28.1. The lowest BCUT2D eigenvalue weighted by molar-refractivity contribution is -0.131. The van der Waals surface area contributed by atoms with E-state index in [2.05, 4.69) is 4.98 Å². The van der Waals surface area contributed by atoms with Gasteiger partial charge in [-0.05, 0) is 54.5 Å². The van der Waals surface area contributed by atoms with E-state index in [9.17, 15) is 4.79 Å². The van der Waals surface area contributed by atoms with Crippen molar-refractivity contribution in [1.82, 2.24) is 4.98 Å². The molecule has 7 heteroatoms. The molecule has 0 bridgehead atoms. The highest BCUT2D eigenvalue weighted by molar-refractivity contribution is 5.94. The Labute approximate surface area is 188 Å². The second kappa shape index (κ2) is 10.7. The highest BCUT2D eigenvalue weighted by Gasteiger charge is 2.18. The van der Waals surface area contributed by atoms with Crippen molar-refractivity contribution in [3.05, 3.63) is 47.8 Å².